The number of rotatable bonds is 4. The minimum atomic E-state index is -0.580. The van der Waals surface area contributed by atoms with E-state index in [-0.39, 0.29) is 0 Å². The second-order valence-corrected chi connectivity index (χ2v) is 5.92. The maximum Gasteiger partial charge on any atom is 0.130 e. The van der Waals surface area contributed by atoms with Gasteiger partial charge in [0.25, 0.3) is 0 Å². The number of hydrogen-bond acceptors (Lipinski definition) is 4. The maximum atomic E-state index is 10.6. The number of aryl methyl sites for hydroxylation is 2. The molecule has 106 valence electrons. The monoisotopic (exact) mass is 263 g/mol. The first kappa shape index (κ1) is 14.3. The molecule has 1 aliphatic carbocycles. The normalized spacial score (nSPS) is 27.3. The number of aliphatic hydroxyl groups is 1. The summed E-state index contributed by atoms with van der Waals surface area (Å²) in [5.41, 5.74) is 0.460. The summed E-state index contributed by atoms with van der Waals surface area (Å²) in [7, 11) is 0. The molecule has 1 fully saturated rings. The van der Waals surface area contributed by atoms with Gasteiger partial charge in [-0.15, -0.1) is 0 Å². The largest absolute Gasteiger partial charge is 0.388 e. The smallest absolute Gasteiger partial charge is 0.130 e. The zero-order valence-corrected chi connectivity index (χ0v) is 12.2. The van der Waals surface area contributed by atoms with Crippen molar-refractivity contribution in [2.75, 3.05) is 11.9 Å². The Morgan fingerprint density at radius 1 is 1.47 bits per heavy atom. The van der Waals surface area contributed by atoms with Crippen LogP contribution in [-0.4, -0.2) is 27.2 Å². The van der Waals surface area contributed by atoms with E-state index < -0.39 is 5.60 Å². The van der Waals surface area contributed by atoms with E-state index in [0.29, 0.717) is 12.5 Å². The highest BCUT2D eigenvalue weighted by Gasteiger charge is 2.32. The van der Waals surface area contributed by atoms with Crippen LogP contribution in [0, 0.1) is 12.8 Å². The van der Waals surface area contributed by atoms with Crippen LogP contribution >= 0.6 is 0 Å². The predicted octanol–water partition coefficient (Wildman–Crippen LogP) is 2.70. The lowest BCUT2D eigenvalue weighted by Crippen LogP contribution is -2.41. The molecule has 2 rings (SSSR count). The highest BCUT2D eigenvalue weighted by molar-refractivity contribution is 5.36. The van der Waals surface area contributed by atoms with Crippen molar-refractivity contribution in [2.45, 2.75) is 58.5 Å². The lowest BCUT2D eigenvalue weighted by Gasteiger charge is -2.35. The average molecular weight is 263 g/mol. The van der Waals surface area contributed by atoms with Crippen LogP contribution in [-0.2, 0) is 6.42 Å². The topological polar surface area (TPSA) is 58.0 Å². The summed E-state index contributed by atoms with van der Waals surface area (Å²) in [6.45, 7) is 6.79. The lowest BCUT2D eigenvalue weighted by atomic mass is 9.79. The van der Waals surface area contributed by atoms with Gasteiger partial charge in [0, 0.05) is 18.3 Å². The average Bonchev–Trinajstić information content (AvgIpc) is 2.35. The summed E-state index contributed by atoms with van der Waals surface area (Å²) >= 11 is 0. The minimum absolute atomic E-state index is 0.580. The lowest BCUT2D eigenvalue weighted by molar-refractivity contribution is -0.000833. The maximum absolute atomic E-state index is 10.6. The molecule has 2 atom stereocenters. The first-order valence-corrected chi connectivity index (χ1v) is 7.31. The van der Waals surface area contributed by atoms with Crippen molar-refractivity contribution in [2.24, 2.45) is 5.92 Å². The molecule has 0 bridgehead atoms. The summed E-state index contributed by atoms with van der Waals surface area (Å²) in [5.74, 6) is 2.22. The summed E-state index contributed by atoms with van der Waals surface area (Å²) in [6.07, 6.45) is 5.01. The van der Waals surface area contributed by atoms with Crippen molar-refractivity contribution in [3.63, 3.8) is 0 Å². The van der Waals surface area contributed by atoms with Crippen LogP contribution in [0.2, 0.25) is 0 Å². The van der Waals surface area contributed by atoms with Gasteiger partial charge in [0.1, 0.15) is 11.6 Å². The minimum Gasteiger partial charge on any atom is -0.388 e. The van der Waals surface area contributed by atoms with Crippen LogP contribution in [0.25, 0.3) is 0 Å². The SMILES string of the molecule is CCc1cc(NCC2(O)CCCC(C)C2)nc(C)n1. The molecule has 0 amide bonds. The van der Waals surface area contributed by atoms with E-state index in [1.807, 2.05) is 13.0 Å². The molecule has 0 radical (unpaired) electrons. The van der Waals surface area contributed by atoms with Gasteiger partial charge >= 0.3 is 0 Å². The standard InChI is InChI=1S/C15H25N3O/c1-4-13-8-14(18-12(3)17-13)16-10-15(19)7-5-6-11(2)9-15/h8,11,19H,4-7,9-10H2,1-3H3,(H,16,17,18). The van der Waals surface area contributed by atoms with Crippen molar-refractivity contribution < 1.29 is 5.11 Å². The van der Waals surface area contributed by atoms with E-state index in [1.165, 1.54) is 6.42 Å². The van der Waals surface area contributed by atoms with Gasteiger partial charge in [-0.1, -0.05) is 26.7 Å². The molecular weight excluding hydrogens is 238 g/mol. The first-order valence-electron chi connectivity index (χ1n) is 7.31. The van der Waals surface area contributed by atoms with Crippen LogP contribution in [0.5, 0.6) is 0 Å². The first-order chi connectivity index (χ1) is 9.00. The Bertz CT molecular complexity index is 435. The fourth-order valence-corrected chi connectivity index (χ4v) is 2.95. The van der Waals surface area contributed by atoms with Gasteiger partial charge in [-0.25, -0.2) is 9.97 Å². The summed E-state index contributed by atoms with van der Waals surface area (Å²) in [5, 5.41) is 13.9. The van der Waals surface area contributed by atoms with Crippen molar-refractivity contribution in [3.05, 3.63) is 17.6 Å². The van der Waals surface area contributed by atoms with Gasteiger partial charge in [0.2, 0.25) is 0 Å². The molecule has 4 nitrogen and oxygen atoms in total. The quantitative estimate of drug-likeness (QED) is 0.877. The van der Waals surface area contributed by atoms with Crippen LogP contribution in [0.15, 0.2) is 6.07 Å². The van der Waals surface area contributed by atoms with Crippen molar-refractivity contribution in [1.29, 1.82) is 0 Å². The van der Waals surface area contributed by atoms with Crippen molar-refractivity contribution in [3.8, 4) is 0 Å². The molecule has 2 N–H and O–H groups in total. The third-order valence-corrected chi connectivity index (χ3v) is 3.92. The van der Waals surface area contributed by atoms with E-state index in [4.69, 9.17) is 0 Å². The molecule has 1 aromatic rings. The highest BCUT2D eigenvalue weighted by Crippen LogP contribution is 2.32. The number of nitrogens with zero attached hydrogens (tertiary/aromatic N) is 2. The number of hydrogen-bond donors (Lipinski definition) is 2. The van der Waals surface area contributed by atoms with Crippen LogP contribution in [0.1, 0.15) is 51.0 Å². The second-order valence-electron chi connectivity index (χ2n) is 5.92. The van der Waals surface area contributed by atoms with Crippen molar-refractivity contribution >= 4 is 5.82 Å². The van der Waals surface area contributed by atoms with Gasteiger partial charge in [-0.3, -0.25) is 0 Å². The second kappa shape index (κ2) is 5.87. The molecule has 19 heavy (non-hydrogen) atoms. The zero-order chi connectivity index (χ0) is 13.9. The van der Waals surface area contributed by atoms with Crippen LogP contribution in [0.3, 0.4) is 0 Å². The van der Waals surface area contributed by atoms with Crippen LogP contribution < -0.4 is 5.32 Å². The van der Waals surface area contributed by atoms with Gasteiger partial charge in [0.05, 0.1) is 5.60 Å². The van der Waals surface area contributed by atoms with E-state index in [0.717, 1.165) is 43.0 Å². The highest BCUT2D eigenvalue weighted by atomic mass is 16.3. The van der Waals surface area contributed by atoms with Gasteiger partial charge in [-0.2, -0.15) is 0 Å². The molecule has 4 heteroatoms. The summed E-state index contributed by atoms with van der Waals surface area (Å²) in [6, 6.07) is 1.97. The number of aromatic nitrogens is 2. The van der Waals surface area contributed by atoms with Gasteiger partial charge < -0.3 is 10.4 Å². The third kappa shape index (κ3) is 3.90. The molecule has 1 aromatic heterocycles. The molecule has 0 saturated heterocycles. The Morgan fingerprint density at radius 2 is 2.26 bits per heavy atom. The predicted molar refractivity (Wildman–Crippen MR) is 77.2 cm³/mol. The van der Waals surface area contributed by atoms with Crippen molar-refractivity contribution in [1.82, 2.24) is 9.97 Å². The van der Waals surface area contributed by atoms with Crippen LogP contribution in [0.4, 0.5) is 5.82 Å². The molecular formula is C15H25N3O. The molecule has 0 aromatic carbocycles. The Morgan fingerprint density at radius 3 is 2.95 bits per heavy atom. The molecule has 1 heterocycles. The Labute approximate surface area is 115 Å². The fourth-order valence-electron chi connectivity index (χ4n) is 2.95. The van der Waals surface area contributed by atoms with E-state index >= 15 is 0 Å². The Hall–Kier alpha value is -1.16. The molecule has 0 aliphatic heterocycles. The molecule has 0 spiro atoms. The molecule has 1 saturated carbocycles. The van der Waals surface area contributed by atoms with E-state index in [2.05, 4.69) is 29.1 Å². The Kier molecular flexibility index (Phi) is 4.40. The fraction of sp³-hybridized carbons (Fsp3) is 0.733. The van der Waals surface area contributed by atoms with Gasteiger partial charge in [-0.05, 0) is 32.1 Å². The van der Waals surface area contributed by atoms with E-state index in [1.54, 1.807) is 0 Å². The third-order valence-electron chi connectivity index (χ3n) is 3.92. The molecule has 1 aliphatic rings. The molecule has 2 unspecified atom stereocenters. The number of anilines is 1. The summed E-state index contributed by atoms with van der Waals surface area (Å²) < 4.78 is 0. The summed E-state index contributed by atoms with van der Waals surface area (Å²) in [4.78, 5) is 8.75. The number of nitrogens with one attached hydrogen (secondary N) is 1. The Balaban J connectivity index is 1.99. The van der Waals surface area contributed by atoms with E-state index in [9.17, 15) is 5.11 Å². The van der Waals surface area contributed by atoms with Gasteiger partial charge in [0.15, 0.2) is 0 Å². The zero-order valence-electron chi connectivity index (χ0n) is 12.2.